The van der Waals surface area contributed by atoms with E-state index in [1.807, 2.05) is 18.2 Å². The van der Waals surface area contributed by atoms with E-state index < -0.39 is 17.8 Å². The predicted octanol–water partition coefficient (Wildman–Crippen LogP) is 2.30. The maximum atomic E-state index is 13.6. The molecule has 0 bridgehead atoms. The molecule has 0 aliphatic rings. The van der Waals surface area contributed by atoms with Gasteiger partial charge in [-0.1, -0.05) is 30.3 Å². The Kier molecular flexibility index (Phi) is 4.90. The van der Waals surface area contributed by atoms with Crippen LogP contribution in [0.1, 0.15) is 22.0 Å². The predicted molar refractivity (Wildman–Crippen MR) is 76.7 cm³/mol. The Bertz CT molecular complexity index is 616. The topological polar surface area (TPSA) is 58.6 Å². The molecule has 0 spiro atoms. The van der Waals surface area contributed by atoms with Gasteiger partial charge in [-0.05, 0) is 23.8 Å². The van der Waals surface area contributed by atoms with Crippen LogP contribution < -0.4 is 10.1 Å². The summed E-state index contributed by atoms with van der Waals surface area (Å²) < 4.78 is 18.4. The number of ether oxygens (including phenoxy) is 1. The molecule has 0 heterocycles. The first kappa shape index (κ1) is 15.0. The molecule has 0 radical (unpaired) electrons. The number of hydrogen-bond donors (Lipinski definition) is 2. The standard InChI is InChI=1S/C16H16FNO3/c1-21-15-8-7-12(9-13(15)17)16(20)18-14(10-19)11-5-3-2-4-6-11/h2-9,14,19H,10H2,1H3,(H,18,20). The molecule has 0 saturated heterocycles. The Morgan fingerprint density at radius 2 is 2.00 bits per heavy atom. The van der Waals surface area contributed by atoms with E-state index in [0.29, 0.717) is 0 Å². The van der Waals surface area contributed by atoms with Crippen molar-refractivity contribution in [1.82, 2.24) is 5.32 Å². The summed E-state index contributed by atoms with van der Waals surface area (Å²) in [6.45, 7) is -0.242. The fourth-order valence-electron chi connectivity index (χ4n) is 1.97. The van der Waals surface area contributed by atoms with Crippen molar-refractivity contribution in [3.63, 3.8) is 0 Å². The number of hydrogen-bond acceptors (Lipinski definition) is 3. The van der Waals surface area contributed by atoms with Gasteiger partial charge < -0.3 is 15.2 Å². The van der Waals surface area contributed by atoms with Gasteiger partial charge in [0.2, 0.25) is 0 Å². The summed E-state index contributed by atoms with van der Waals surface area (Å²) in [6, 6.07) is 12.5. The fourth-order valence-corrected chi connectivity index (χ4v) is 1.97. The zero-order valence-electron chi connectivity index (χ0n) is 11.5. The lowest BCUT2D eigenvalue weighted by Crippen LogP contribution is -2.30. The maximum Gasteiger partial charge on any atom is 0.251 e. The average Bonchev–Trinajstić information content (AvgIpc) is 2.53. The summed E-state index contributed by atoms with van der Waals surface area (Å²) in [4.78, 5) is 12.1. The number of carbonyl (C=O) groups excluding carboxylic acids is 1. The molecule has 0 aliphatic carbocycles. The lowest BCUT2D eigenvalue weighted by Gasteiger charge is -2.17. The van der Waals surface area contributed by atoms with Crippen molar-refractivity contribution in [3.05, 3.63) is 65.5 Å². The molecule has 110 valence electrons. The van der Waals surface area contributed by atoms with E-state index in [0.717, 1.165) is 11.6 Å². The number of aliphatic hydroxyl groups is 1. The van der Waals surface area contributed by atoms with E-state index in [9.17, 15) is 14.3 Å². The second-order valence-corrected chi connectivity index (χ2v) is 4.47. The number of carbonyl (C=O) groups is 1. The fraction of sp³-hybridized carbons (Fsp3) is 0.188. The van der Waals surface area contributed by atoms with Crippen molar-refractivity contribution in [2.75, 3.05) is 13.7 Å². The Balaban J connectivity index is 2.15. The molecule has 1 amide bonds. The average molecular weight is 289 g/mol. The van der Waals surface area contributed by atoms with E-state index in [1.54, 1.807) is 12.1 Å². The molecule has 5 heteroatoms. The van der Waals surface area contributed by atoms with E-state index in [4.69, 9.17) is 4.74 Å². The van der Waals surface area contributed by atoms with Gasteiger partial charge >= 0.3 is 0 Å². The van der Waals surface area contributed by atoms with Crippen LogP contribution in [0.25, 0.3) is 0 Å². The molecule has 0 saturated carbocycles. The summed E-state index contributed by atoms with van der Waals surface area (Å²) in [5, 5.41) is 12.1. The van der Waals surface area contributed by atoms with Crippen LogP contribution in [0.2, 0.25) is 0 Å². The molecule has 2 aromatic rings. The van der Waals surface area contributed by atoms with E-state index in [1.165, 1.54) is 19.2 Å². The van der Waals surface area contributed by atoms with Gasteiger partial charge in [0.1, 0.15) is 0 Å². The highest BCUT2D eigenvalue weighted by Crippen LogP contribution is 2.19. The highest BCUT2D eigenvalue weighted by Gasteiger charge is 2.16. The summed E-state index contributed by atoms with van der Waals surface area (Å²) in [5.41, 5.74) is 0.949. The summed E-state index contributed by atoms with van der Waals surface area (Å²) in [6.07, 6.45) is 0. The van der Waals surface area contributed by atoms with Crippen molar-refractivity contribution in [1.29, 1.82) is 0 Å². The van der Waals surface area contributed by atoms with Crippen molar-refractivity contribution < 1.29 is 19.0 Å². The molecule has 2 aromatic carbocycles. The lowest BCUT2D eigenvalue weighted by molar-refractivity contribution is 0.0915. The van der Waals surface area contributed by atoms with Gasteiger partial charge in [-0.3, -0.25) is 4.79 Å². The highest BCUT2D eigenvalue weighted by molar-refractivity contribution is 5.94. The van der Waals surface area contributed by atoms with Crippen molar-refractivity contribution in [3.8, 4) is 5.75 Å². The van der Waals surface area contributed by atoms with E-state index in [-0.39, 0.29) is 17.9 Å². The van der Waals surface area contributed by atoms with Gasteiger partial charge in [0.15, 0.2) is 11.6 Å². The Morgan fingerprint density at radius 1 is 1.29 bits per heavy atom. The number of benzene rings is 2. The van der Waals surface area contributed by atoms with E-state index in [2.05, 4.69) is 5.32 Å². The monoisotopic (exact) mass is 289 g/mol. The number of halogens is 1. The summed E-state index contributed by atoms with van der Waals surface area (Å²) >= 11 is 0. The smallest absolute Gasteiger partial charge is 0.251 e. The largest absolute Gasteiger partial charge is 0.494 e. The van der Waals surface area contributed by atoms with Crippen LogP contribution in [-0.2, 0) is 0 Å². The molecule has 0 aromatic heterocycles. The molecule has 2 rings (SSSR count). The second kappa shape index (κ2) is 6.85. The molecule has 0 aliphatic heterocycles. The van der Waals surface area contributed by atoms with Crippen LogP contribution in [0, 0.1) is 5.82 Å². The molecule has 1 atom stereocenters. The molecule has 2 N–H and O–H groups in total. The Hall–Kier alpha value is -2.40. The first-order valence-electron chi connectivity index (χ1n) is 6.46. The zero-order chi connectivity index (χ0) is 15.2. The van der Waals surface area contributed by atoms with Crippen molar-refractivity contribution in [2.45, 2.75) is 6.04 Å². The van der Waals surface area contributed by atoms with Crippen molar-refractivity contribution >= 4 is 5.91 Å². The third-order valence-corrected chi connectivity index (χ3v) is 3.10. The zero-order valence-corrected chi connectivity index (χ0v) is 11.5. The lowest BCUT2D eigenvalue weighted by atomic mass is 10.1. The highest BCUT2D eigenvalue weighted by atomic mass is 19.1. The van der Waals surface area contributed by atoms with Crippen LogP contribution in [0.5, 0.6) is 5.75 Å². The van der Waals surface area contributed by atoms with Crippen LogP contribution in [0.3, 0.4) is 0 Å². The molecular weight excluding hydrogens is 273 g/mol. The maximum absolute atomic E-state index is 13.6. The minimum Gasteiger partial charge on any atom is -0.494 e. The van der Waals surface area contributed by atoms with Gasteiger partial charge in [0.05, 0.1) is 19.8 Å². The van der Waals surface area contributed by atoms with Crippen molar-refractivity contribution in [2.24, 2.45) is 0 Å². The molecular formula is C16H16FNO3. The van der Waals surface area contributed by atoms with Crippen LogP contribution in [-0.4, -0.2) is 24.7 Å². The first-order chi connectivity index (χ1) is 10.2. The minimum atomic E-state index is -0.606. The number of methoxy groups -OCH3 is 1. The van der Waals surface area contributed by atoms with Gasteiger partial charge in [-0.15, -0.1) is 0 Å². The number of amides is 1. The molecule has 4 nitrogen and oxygen atoms in total. The van der Waals surface area contributed by atoms with Crippen LogP contribution >= 0.6 is 0 Å². The third-order valence-electron chi connectivity index (χ3n) is 3.10. The quantitative estimate of drug-likeness (QED) is 0.888. The number of aliphatic hydroxyl groups excluding tert-OH is 1. The normalized spacial score (nSPS) is 11.8. The summed E-state index contributed by atoms with van der Waals surface area (Å²) in [7, 11) is 1.36. The van der Waals surface area contributed by atoms with Gasteiger partial charge in [-0.2, -0.15) is 0 Å². The minimum absolute atomic E-state index is 0.0771. The van der Waals surface area contributed by atoms with Gasteiger partial charge in [0, 0.05) is 5.56 Å². The van der Waals surface area contributed by atoms with Gasteiger partial charge in [-0.25, -0.2) is 4.39 Å². The summed E-state index contributed by atoms with van der Waals surface area (Å²) in [5.74, 6) is -0.988. The van der Waals surface area contributed by atoms with E-state index >= 15 is 0 Å². The van der Waals surface area contributed by atoms with Gasteiger partial charge in [0.25, 0.3) is 5.91 Å². The molecule has 21 heavy (non-hydrogen) atoms. The third kappa shape index (κ3) is 3.58. The molecule has 1 unspecified atom stereocenters. The Labute approximate surface area is 122 Å². The number of rotatable bonds is 5. The molecule has 0 fully saturated rings. The second-order valence-electron chi connectivity index (χ2n) is 4.47. The number of nitrogens with one attached hydrogen (secondary N) is 1. The first-order valence-corrected chi connectivity index (χ1v) is 6.46. The SMILES string of the molecule is COc1ccc(C(=O)NC(CO)c2ccccc2)cc1F. The van der Waals surface area contributed by atoms with Crippen LogP contribution in [0.4, 0.5) is 4.39 Å². The van der Waals surface area contributed by atoms with Crippen LogP contribution in [0.15, 0.2) is 48.5 Å². The Morgan fingerprint density at radius 3 is 2.57 bits per heavy atom.